The first-order valence-electron chi connectivity index (χ1n) is 8.94. The van der Waals surface area contributed by atoms with Crippen LogP contribution in [0.5, 0.6) is 5.75 Å². The van der Waals surface area contributed by atoms with Crippen LogP contribution in [-0.2, 0) is 23.5 Å². The molecular formula is C21H23N3O4S. The number of aryl methyl sites for hydroxylation is 1. The number of rotatable bonds is 7. The minimum Gasteiger partial charge on any atom is -0.497 e. The maximum absolute atomic E-state index is 13.0. The number of aromatic nitrogens is 2. The summed E-state index contributed by atoms with van der Waals surface area (Å²) < 4.78 is 32.0. The highest BCUT2D eigenvalue weighted by Crippen LogP contribution is 2.22. The molecule has 0 aliphatic heterocycles. The number of hydrogen-bond donors (Lipinski definition) is 1. The molecule has 0 fully saturated rings. The van der Waals surface area contributed by atoms with Crippen molar-refractivity contribution < 1.29 is 17.9 Å². The standard InChI is InChI=1S/C21H23N3O4S/c1-14-11-18(12-16-7-8-17(13-22-16)23-29(4,26)27)24(2)20(14)21(25)15-5-9-19(28-3)10-6-15/h5-11,13,23H,12H2,1-4H3. The average molecular weight is 413 g/mol. The summed E-state index contributed by atoms with van der Waals surface area (Å²) in [5.41, 5.74) is 4.23. The molecule has 0 aliphatic carbocycles. The number of hydrogen-bond acceptors (Lipinski definition) is 5. The zero-order valence-electron chi connectivity index (χ0n) is 16.8. The van der Waals surface area contributed by atoms with Crippen LogP contribution >= 0.6 is 0 Å². The SMILES string of the molecule is COc1ccc(C(=O)c2c(C)cc(Cc3ccc(NS(C)(=O)=O)cn3)n2C)cc1. The van der Waals surface area contributed by atoms with E-state index in [4.69, 9.17) is 4.74 Å². The topological polar surface area (TPSA) is 90.3 Å². The number of ether oxygens (including phenoxy) is 1. The Morgan fingerprint density at radius 1 is 1.17 bits per heavy atom. The quantitative estimate of drug-likeness (QED) is 0.602. The summed E-state index contributed by atoms with van der Waals surface area (Å²) in [5.74, 6) is 0.644. The predicted octanol–water partition coefficient (Wildman–Crippen LogP) is 2.93. The third-order valence-electron chi connectivity index (χ3n) is 4.58. The lowest BCUT2D eigenvalue weighted by atomic mass is 10.1. The van der Waals surface area contributed by atoms with Crippen LogP contribution in [0.2, 0.25) is 0 Å². The van der Waals surface area contributed by atoms with Crippen LogP contribution in [0, 0.1) is 6.92 Å². The van der Waals surface area contributed by atoms with Crippen molar-refractivity contribution in [3.05, 3.63) is 76.9 Å². The van der Waals surface area contributed by atoms with Gasteiger partial charge in [-0.1, -0.05) is 0 Å². The second-order valence-corrected chi connectivity index (χ2v) is 8.62. The van der Waals surface area contributed by atoms with Crippen LogP contribution in [0.4, 0.5) is 5.69 Å². The fourth-order valence-corrected chi connectivity index (χ4v) is 3.74. The summed E-state index contributed by atoms with van der Waals surface area (Å²) in [6.45, 7) is 1.91. The first-order chi connectivity index (χ1) is 13.7. The van der Waals surface area contributed by atoms with Gasteiger partial charge in [0.15, 0.2) is 0 Å². The van der Waals surface area contributed by atoms with Gasteiger partial charge in [-0.25, -0.2) is 8.42 Å². The van der Waals surface area contributed by atoms with E-state index in [1.165, 1.54) is 6.20 Å². The van der Waals surface area contributed by atoms with Gasteiger partial charge in [0.1, 0.15) is 5.75 Å². The summed E-state index contributed by atoms with van der Waals surface area (Å²) in [7, 11) is 0.108. The molecule has 0 radical (unpaired) electrons. The molecule has 0 saturated heterocycles. The van der Waals surface area contributed by atoms with Crippen molar-refractivity contribution in [2.45, 2.75) is 13.3 Å². The van der Waals surface area contributed by atoms with Gasteiger partial charge in [-0.15, -0.1) is 0 Å². The number of nitrogens with one attached hydrogen (secondary N) is 1. The molecule has 0 atom stereocenters. The average Bonchev–Trinajstić information content (AvgIpc) is 2.95. The van der Waals surface area contributed by atoms with Gasteiger partial charge in [0.05, 0.1) is 30.9 Å². The molecule has 0 aliphatic rings. The van der Waals surface area contributed by atoms with Gasteiger partial charge in [0.25, 0.3) is 0 Å². The molecule has 29 heavy (non-hydrogen) atoms. The minimum absolute atomic E-state index is 0.0560. The van der Waals surface area contributed by atoms with Crippen molar-refractivity contribution in [2.24, 2.45) is 7.05 Å². The Labute approximate surface area is 170 Å². The molecule has 2 aromatic heterocycles. The van der Waals surface area contributed by atoms with Crippen molar-refractivity contribution >= 4 is 21.5 Å². The molecular weight excluding hydrogens is 390 g/mol. The summed E-state index contributed by atoms with van der Waals surface area (Å²) in [6, 6.07) is 12.4. The molecule has 1 aromatic carbocycles. The lowest BCUT2D eigenvalue weighted by molar-refractivity contribution is 0.103. The maximum atomic E-state index is 13.0. The lowest BCUT2D eigenvalue weighted by Gasteiger charge is -2.09. The summed E-state index contributed by atoms with van der Waals surface area (Å²) in [5, 5.41) is 0. The van der Waals surface area contributed by atoms with Gasteiger partial charge in [-0.05, 0) is 55.0 Å². The molecule has 1 N–H and O–H groups in total. The zero-order valence-corrected chi connectivity index (χ0v) is 17.6. The molecule has 8 heteroatoms. The van der Waals surface area contributed by atoms with E-state index in [-0.39, 0.29) is 5.78 Å². The predicted molar refractivity (Wildman–Crippen MR) is 112 cm³/mol. The number of benzene rings is 1. The number of carbonyl (C=O) groups excluding carboxylic acids is 1. The smallest absolute Gasteiger partial charge is 0.229 e. The maximum Gasteiger partial charge on any atom is 0.229 e. The Balaban J connectivity index is 1.82. The van der Waals surface area contributed by atoms with Gasteiger partial charge in [0, 0.05) is 30.4 Å². The Kier molecular flexibility index (Phi) is 5.74. The highest BCUT2D eigenvalue weighted by Gasteiger charge is 2.19. The Morgan fingerprint density at radius 2 is 1.86 bits per heavy atom. The molecule has 0 saturated carbocycles. The van der Waals surface area contributed by atoms with Crippen LogP contribution in [0.25, 0.3) is 0 Å². The third-order valence-corrected chi connectivity index (χ3v) is 5.19. The van der Waals surface area contributed by atoms with Crippen LogP contribution in [0.1, 0.15) is 33.0 Å². The van der Waals surface area contributed by atoms with E-state index in [9.17, 15) is 13.2 Å². The Hall–Kier alpha value is -3.13. The van der Waals surface area contributed by atoms with E-state index < -0.39 is 10.0 Å². The minimum atomic E-state index is -3.34. The van der Waals surface area contributed by atoms with Gasteiger partial charge in [-0.3, -0.25) is 14.5 Å². The summed E-state index contributed by atoms with van der Waals surface area (Å²) in [6.07, 6.45) is 3.09. The van der Waals surface area contributed by atoms with Crippen LogP contribution in [-0.4, -0.2) is 37.1 Å². The summed E-state index contributed by atoms with van der Waals surface area (Å²) >= 11 is 0. The molecule has 0 unspecified atom stereocenters. The number of sulfonamides is 1. The normalized spacial score (nSPS) is 11.3. The molecule has 152 valence electrons. The van der Waals surface area contributed by atoms with E-state index in [1.807, 2.05) is 24.6 Å². The number of carbonyl (C=O) groups is 1. The monoisotopic (exact) mass is 413 g/mol. The molecule has 2 heterocycles. The number of nitrogens with zero attached hydrogens (tertiary/aromatic N) is 2. The third kappa shape index (κ3) is 4.83. The first-order valence-corrected chi connectivity index (χ1v) is 10.8. The summed E-state index contributed by atoms with van der Waals surface area (Å²) in [4.78, 5) is 17.3. The molecule has 3 aromatic rings. The molecule has 0 spiro atoms. The number of ketones is 1. The molecule has 3 rings (SSSR count). The first kappa shape index (κ1) is 20.6. The van der Waals surface area contributed by atoms with Crippen LogP contribution in [0.15, 0.2) is 48.7 Å². The fraction of sp³-hybridized carbons (Fsp3) is 0.238. The van der Waals surface area contributed by atoms with Crippen molar-refractivity contribution in [3.63, 3.8) is 0 Å². The van der Waals surface area contributed by atoms with Gasteiger partial charge in [0.2, 0.25) is 15.8 Å². The second kappa shape index (κ2) is 8.08. The van der Waals surface area contributed by atoms with Crippen molar-refractivity contribution in [3.8, 4) is 5.75 Å². The van der Waals surface area contributed by atoms with Gasteiger partial charge >= 0.3 is 0 Å². The Bertz CT molecular complexity index is 1130. The van der Waals surface area contributed by atoms with Crippen LogP contribution < -0.4 is 9.46 Å². The van der Waals surface area contributed by atoms with E-state index in [2.05, 4.69) is 9.71 Å². The number of methoxy groups -OCH3 is 1. The highest BCUT2D eigenvalue weighted by atomic mass is 32.2. The van der Waals surface area contributed by atoms with Gasteiger partial charge in [-0.2, -0.15) is 0 Å². The second-order valence-electron chi connectivity index (χ2n) is 6.87. The largest absolute Gasteiger partial charge is 0.497 e. The van der Waals surface area contributed by atoms with Crippen molar-refractivity contribution in [1.29, 1.82) is 0 Å². The fourth-order valence-electron chi connectivity index (χ4n) is 3.19. The molecule has 7 nitrogen and oxygen atoms in total. The van der Waals surface area contributed by atoms with Crippen LogP contribution in [0.3, 0.4) is 0 Å². The van der Waals surface area contributed by atoms with Crippen molar-refractivity contribution in [1.82, 2.24) is 9.55 Å². The van der Waals surface area contributed by atoms with E-state index in [0.717, 1.165) is 23.2 Å². The van der Waals surface area contributed by atoms with Crippen molar-refractivity contribution in [2.75, 3.05) is 18.1 Å². The zero-order chi connectivity index (χ0) is 21.2. The van der Waals surface area contributed by atoms with E-state index in [0.29, 0.717) is 29.1 Å². The van der Waals surface area contributed by atoms with E-state index >= 15 is 0 Å². The Morgan fingerprint density at radius 3 is 2.41 bits per heavy atom. The van der Waals surface area contributed by atoms with E-state index in [1.54, 1.807) is 43.5 Å². The van der Waals surface area contributed by atoms with Gasteiger partial charge < -0.3 is 9.30 Å². The lowest BCUT2D eigenvalue weighted by Crippen LogP contribution is -2.11. The number of anilines is 1. The molecule has 0 bridgehead atoms. The highest BCUT2D eigenvalue weighted by molar-refractivity contribution is 7.92. The molecule has 0 amide bonds. The number of pyridine rings is 1.